The van der Waals surface area contributed by atoms with Crippen LogP contribution < -0.4 is 4.74 Å². The van der Waals surface area contributed by atoms with Gasteiger partial charge in [-0.15, -0.1) is 0 Å². The first-order chi connectivity index (χ1) is 8.11. The molecule has 1 aromatic heterocycles. The van der Waals surface area contributed by atoms with Crippen molar-refractivity contribution < 1.29 is 4.74 Å². The Morgan fingerprint density at radius 2 is 2.00 bits per heavy atom. The van der Waals surface area contributed by atoms with Crippen LogP contribution in [0.15, 0.2) is 54.0 Å². The lowest BCUT2D eigenvalue weighted by atomic mass is 10.2. The highest BCUT2D eigenvalue weighted by Crippen LogP contribution is 2.12. The maximum absolute atomic E-state index is 5.63. The lowest BCUT2D eigenvalue weighted by Crippen LogP contribution is -1.91. The highest BCUT2D eigenvalue weighted by Gasteiger charge is 1.94. The van der Waals surface area contributed by atoms with Gasteiger partial charge in [-0.05, 0) is 45.9 Å². The number of nitrogens with zero attached hydrogens (tertiary/aromatic N) is 1. The largest absolute Gasteiger partial charge is 0.460 e. The maximum atomic E-state index is 5.63. The van der Waals surface area contributed by atoms with Crippen LogP contribution in [-0.4, -0.2) is 4.98 Å². The van der Waals surface area contributed by atoms with Crippen LogP contribution >= 0.6 is 0 Å². The Balaban J connectivity index is 2.65. The van der Waals surface area contributed by atoms with E-state index in [0.717, 1.165) is 17.2 Å². The molecule has 0 aromatic carbocycles. The minimum Gasteiger partial charge on any atom is -0.460 e. The monoisotopic (exact) mass is 229 g/mol. The second kappa shape index (κ2) is 6.69. The van der Waals surface area contributed by atoms with E-state index >= 15 is 0 Å². The van der Waals surface area contributed by atoms with E-state index in [0.29, 0.717) is 0 Å². The molecule has 0 radical (unpaired) electrons. The number of ether oxygens (including phenoxy) is 1. The number of hydrogen-bond acceptors (Lipinski definition) is 2. The van der Waals surface area contributed by atoms with Crippen molar-refractivity contribution in [1.29, 1.82) is 0 Å². The molecule has 0 saturated heterocycles. The molecule has 1 rings (SSSR count). The predicted molar refractivity (Wildman–Crippen MR) is 71.9 cm³/mol. The van der Waals surface area contributed by atoms with Crippen molar-refractivity contribution in [2.24, 2.45) is 0 Å². The summed E-state index contributed by atoms with van der Waals surface area (Å²) in [6, 6.07) is 3.85. The first kappa shape index (κ1) is 13.2. The van der Waals surface area contributed by atoms with Gasteiger partial charge in [-0.2, -0.15) is 0 Å². The van der Waals surface area contributed by atoms with Crippen LogP contribution in [0.3, 0.4) is 0 Å². The summed E-state index contributed by atoms with van der Waals surface area (Å²) in [5.74, 6) is 1.61. The highest BCUT2D eigenvalue weighted by atomic mass is 16.5. The Hall–Kier alpha value is -1.83. The second-order valence-electron chi connectivity index (χ2n) is 3.93. The van der Waals surface area contributed by atoms with Crippen LogP contribution in [0, 0.1) is 6.92 Å². The molecular weight excluding hydrogens is 210 g/mol. The number of allylic oxidation sites excluding steroid dienone is 6. The molecule has 2 heteroatoms. The minimum absolute atomic E-state index is 0.765. The molecule has 0 bridgehead atoms. The predicted octanol–water partition coefficient (Wildman–Crippen LogP) is 4.20. The first-order valence-corrected chi connectivity index (χ1v) is 5.70. The Bertz CT molecular complexity index is 438. The average molecular weight is 229 g/mol. The van der Waals surface area contributed by atoms with E-state index in [4.69, 9.17) is 4.74 Å². The normalized spacial score (nSPS) is 13.2. The zero-order chi connectivity index (χ0) is 12.7. The number of pyridine rings is 1. The van der Waals surface area contributed by atoms with Gasteiger partial charge in [0.1, 0.15) is 11.5 Å². The van der Waals surface area contributed by atoms with Crippen LogP contribution in [0.5, 0.6) is 5.75 Å². The average Bonchev–Trinajstić information content (AvgIpc) is 2.30. The van der Waals surface area contributed by atoms with E-state index in [9.17, 15) is 0 Å². The molecular formula is C15H19NO. The summed E-state index contributed by atoms with van der Waals surface area (Å²) in [7, 11) is 0. The van der Waals surface area contributed by atoms with Crippen molar-refractivity contribution in [2.45, 2.75) is 27.7 Å². The first-order valence-electron chi connectivity index (χ1n) is 5.70. The number of aryl methyl sites for hydroxylation is 1. The third-order valence-corrected chi connectivity index (χ3v) is 2.17. The maximum Gasteiger partial charge on any atom is 0.145 e. The van der Waals surface area contributed by atoms with Crippen LogP contribution in [0.4, 0.5) is 0 Å². The lowest BCUT2D eigenvalue weighted by molar-refractivity contribution is 0.426. The zero-order valence-corrected chi connectivity index (χ0v) is 10.9. The number of aromatic nitrogens is 1. The van der Waals surface area contributed by atoms with E-state index in [-0.39, 0.29) is 0 Å². The van der Waals surface area contributed by atoms with Gasteiger partial charge in [0.2, 0.25) is 0 Å². The van der Waals surface area contributed by atoms with Crippen molar-refractivity contribution in [1.82, 2.24) is 4.98 Å². The van der Waals surface area contributed by atoms with Crippen LogP contribution in [-0.2, 0) is 0 Å². The van der Waals surface area contributed by atoms with Gasteiger partial charge in [-0.3, -0.25) is 4.98 Å². The number of rotatable bonds is 4. The Kier molecular flexibility index (Phi) is 5.21. The summed E-state index contributed by atoms with van der Waals surface area (Å²) in [4.78, 5) is 4.18. The van der Waals surface area contributed by atoms with Crippen LogP contribution in [0.2, 0.25) is 0 Å². The van der Waals surface area contributed by atoms with E-state index in [2.05, 4.69) is 18.0 Å². The van der Waals surface area contributed by atoms with E-state index in [1.807, 2.05) is 51.1 Å². The summed E-state index contributed by atoms with van der Waals surface area (Å²) in [6.45, 7) is 7.94. The summed E-state index contributed by atoms with van der Waals surface area (Å²) < 4.78 is 5.63. The SMILES string of the molecule is C\C=C/C(C)=C\C=C(/C)Oc1ccc(C)nc1. The van der Waals surface area contributed by atoms with Gasteiger partial charge in [0, 0.05) is 5.69 Å². The summed E-state index contributed by atoms with van der Waals surface area (Å²) in [6.07, 6.45) is 9.78. The topological polar surface area (TPSA) is 22.1 Å². The highest BCUT2D eigenvalue weighted by molar-refractivity contribution is 5.25. The van der Waals surface area contributed by atoms with E-state index in [1.54, 1.807) is 6.20 Å². The quantitative estimate of drug-likeness (QED) is 0.570. The van der Waals surface area contributed by atoms with E-state index < -0.39 is 0 Å². The molecule has 0 spiro atoms. The molecule has 1 aromatic rings. The van der Waals surface area contributed by atoms with Gasteiger partial charge in [-0.25, -0.2) is 0 Å². The minimum atomic E-state index is 0.765. The third kappa shape index (κ3) is 5.16. The Labute approximate surface area is 103 Å². The molecule has 0 fully saturated rings. The molecule has 0 aliphatic heterocycles. The molecule has 0 aliphatic rings. The van der Waals surface area contributed by atoms with Crippen molar-refractivity contribution in [2.75, 3.05) is 0 Å². The van der Waals surface area contributed by atoms with Crippen molar-refractivity contribution in [3.05, 3.63) is 59.7 Å². The third-order valence-electron chi connectivity index (χ3n) is 2.17. The smallest absolute Gasteiger partial charge is 0.145 e. The van der Waals surface area contributed by atoms with Crippen molar-refractivity contribution in [3.63, 3.8) is 0 Å². The fraction of sp³-hybridized carbons (Fsp3) is 0.267. The molecule has 0 aliphatic carbocycles. The Morgan fingerprint density at radius 1 is 1.24 bits per heavy atom. The van der Waals surface area contributed by atoms with Crippen molar-refractivity contribution in [3.8, 4) is 5.75 Å². The molecule has 1 heterocycles. The Morgan fingerprint density at radius 3 is 2.59 bits per heavy atom. The van der Waals surface area contributed by atoms with Gasteiger partial charge in [0.25, 0.3) is 0 Å². The zero-order valence-electron chi connectivity index (χ0n) is 10.9. The van der Waals surface area contributed by atoms with Gasteiger partial charge in [-0.1, -0.05) is 23.8 Å². The van der Waals surface area contributed by atoms with Crippen molar-refractivity contribution >= 4 is 0 Å². The fourth-order valence-corrected chi connectivity index (χ4v) is 1.30. The lowest BCUT2D eigenvalue weighted by Gasteiger charge is -2.04. The van der Waals surface area contributed by atoms with Gasteiger partial charge in [0.15, 0.2) is 0 Å². The van der Waals surface area contributed by atoms with Gasteiger partial charge in [0.05, 0.1) is 6.20 Å². The number of hydrogen-bond donors (Lipinski definition) is 0. The summed E-state index contributed by atoms with van der Waals surface area (Å²) in [5.41, 5.74) is 2.18. The second-order valence-corrected chi connectivity index (χ2v) is 3.93. The summed E-state index contributed by atoms with van der Waals surface area (Å²) in [5, 5.41) is 0. The fourth-order valence-electron chi connectivity index (χ4n) is 1.30. The molecule has 17 heavy (non-hydrogen) atoms. The van der Waals surface area contributed by atoms with Crippen LogP contribution in [0.1, 0.15) is 26.5 Å². The van der Waals surface area contributed by atoms with Crippen LogP contribution in [0.25, 0.3) is 0 Å². The molecule has 0 unspecified atom stereocenters. The van der Waals surface area contributed by atoms with Gasteiger partial charge >= 0.3 is 0 Å². The van der Waals surface area contributed by atoms with Gasteiger partial charge < -0.3 is 4.74 Å². The standard InChI is InChI=1S/C15H19NO/c1-5-6-12(2)7-9-14(4)17-15-10-8-13(3)16-11-15/h5-11H,1-4H3/b6-5-,12-7-,14-9+. The molecule has 0 atom stereocenters. The molecule has 0 N–H and O–H groups in total. The van der Waals surface area contributed by atoms with E-state index in [1.165, 1.54) is 5.57 Å². The summed E-state index contributed by atoms with van der Waals surface area (Å²) >= 11 is 0. The molecule has 0 saturated carbocycles. The molecule has 90 valence electrons. The molecule has 0 amide bonds. The molecule has 2 nitrogen and oxygen atoms in total.